The molecule has 4 rings (SSSR count). The molecule has 0 spiro atoms. The van der Waals surface area contributed by atoms with Gasteiger partial charge >= 0.3 is 5.76 Å². The maximum absolute atomic E-state index is 13.3. The molecule has 2 aromatic rings. The number of fused-ring (bicyclic) bond motifs is 1. The number of hydrogen-bond acceptors (Lipinski definition) is 3. The summed E-state index contributed by atoms with van der Waals surface area (Å²) in [5, 5.41) is 0. The fraction of sp³-hybridized carbons (Fsp3) is 0.619. The van der Waals surface area contributed by atoms with Gasteiger partial charge in [-0.15, -0.1) is 0 Å². The van der Waals surface area contributed by atoms with Gasteiger partial charge in [0.1, 0.15) is 6.54 Å². The normalized spacial score (nSPS) is 19.7. The highest BCUT2D eigenvalue weighted by Crippen LogP contribution is 2.30. The molecule has 0 bridgehead atoms. The van der Waals surface area contributed by atoms with E-state index < -0.39 is 5.76 Å². The summed E-state index contributed by atoms with van der Waals surface area (Å²) in [5.74, 6) is -0.357. The maximum atomic E-state index is 13.3. The molecule has 0 atom stereocenters. The first kappa shape index (κ1) is 17.4. The number of carbonyl (C=O) groups excluding carboxylic acids is 1. The molecule has 0 radical (unpaired) electrons. The zero-order chi connectivity index (χ0) is 17.9. The van der Waals surface area contributed by atoms with Crippen molar-refractivity contribution in [2.45, 2.75) is 82.8 Å². The molecule has 26 heavy (non-hydrogen) atoms. The van der Waals surface area contributed by atoms with Gasteiger partial charge in [0, 0.05) is 12.1 Å². The van der Waals surface area contributed by atoms with Crippen LogP contribution in [0.2, 0.25) is 0 Å². The van der Waals surface area contributed by atoms with Gasteiger partial charge in [0.2, 0.25) is 5.91 Å². The van der Waals surface area contributed by atoms with Crippen molar-refractivity contribution in [2.24, 2.45) is 0 Å². The van der Waals surface area contributed by atoms with E-state index in [1.807, 2.05) is 18.2 Å². The molecule has 5 nitrogen and oxygen atoms in total. The number of aromatic nitrogens is 1. The van der Waals surface area contributed by atoms with E-state index >= 15 is 0 Å². The Kier molecular flexibility index (Phi) is 5.14. The minimum absolute atomic E-state index is 0.0810. The standard InChI is InChI=1S/C21H28N2O3/c24-20(15-22-18-13-7-8-14-19(18)26-21(22)25)23(16-9-3-1-4-10-16)17-11-5-2-6-12-17/h7-8,13-14,16-17H,1-6,9-12,15H2. The second-order valence-electron chi connectivity index (χ2n) is 7.81. The van der Waals surface area contributed by atoms with E-state index in [9.17, 15) is 9.59 Å². The fourth-order valence-corrected chi connectivity index (χ4v) is 4.80. The summed E-state index contributed by atoms with van der Waals surface area (Å²) >= 11 is 0. The number of benzene rings is 1. The van der Waals surface area contributed by atoms with E-state index in [1.165, 1.54) is 43.1 Å². The van der Waals surface area contributed by atoms with Crippen molar-refractivity contribution in [1.29, 1.82) is 0 Å². The van der Waals surface area contributed by atoms with Crippen LogP contribution in [-0.4, -0.2) is 27.5 Å². The molecule has 2 saturated carbocycles. The number of nitrogens with zero attached hydrogens (tertiary/aromatic N) is 2. The average molecular weight is 356 g/mol. The van der Waals surface area contributed by atoms with Crippen LogP contribution in [-0.2, 0) is 11.3 Å². The Morgan fingerprint density at radius 2 is 1.54 bits per heavy atom. The molecular weight excluding hydrogens is 328 g/mol. The molecule has 2 aliphatic rings. The van der Waals surface area contributed by atoms with Crippen molar-refractivity contribution in [2.75, 3.05) is 0 Å². The number of carbonyl (C=O) groups is 1. The van der Waals surface area contributed by atoms with Crippen molar-refractivity contribution in [3.63, 3.8) is 0 Å². The van der Waals surface area contributed by atoms with Gasteiger partial charge in [-0.3, -0.25) is 9.36 Å². The zero-order valence-corrected chi connectivity index (χ0v) is 15.4. The molecule has 0 aliphatic heterocycles. The highest BCUT2D eigenvalue weighted by Gasteiger charge is 2.32. The fourth-order valence-electron chi connectivity index (χ4n) is 4.80. The molecule has 140 valence electrons. The summed E-state index contributed by atoms with van der Waals surface area (Å²) in [6.45, 7) is 0.0862. The van der Waals surface area contributed by atoms with Crippen molar-refractivity contribution < 1.29 is 9.21 Å². The van der Waals surface area contributed by atoms with Crippen LogP contribution in [0.4, 0.5) is 0 Å². The van der Waals surface area contributed by atoms with Gasteiger partial charge in [-0.05, 0) is 37.8 Å². The number of hydrogen-bond donors (Lipinski definition) is 0. The summed E-state index contributed by atoms with van der Waals surface area (Å²) in [6.07, 6.45) is 11.8. The highest BCUT2D eigenvalue weighted by molar-refractivity contribution is 5.80. The van der Waals surface area contributed by atoms with Gasteiger partial charge in [-0.2, -0.15) is 0 Å². The minimum atomic E-state index is -0.438. The van der Waals surface area contributed by atoms with Crippen LogP contribution in [0.15, 0.2) is 33.5 Å². The molecule has 1 aromatic heterocycles. The Morgan fingerprint density at radius 3 is 2.15 bits per heavy atom. The smallest absolute Gasteiger partial charge is 0.408 e. The first-order valence-electron chi connectivity index (χ1n) is 10.1. The molecule has 1 amide bonds. The van der Waals surface area contributed by atoms with E-state index in [0.29, 0.717) is 23.2 Å². The van der Waals surface area contributed by atoms with Crippen molar-refractivity contribution in [3.05, 3.63) is 34.8 Å². The van der Waals surface area contributed by atoms with E-state index in [1.54, 1.807) is 6.07 Å². The highest BCUT2D eigenvalue weighted by atomic mass is 16.4. The Bertz CT molecular complexity index is 792. The number of para-hydroxylation sites is 2. The Balaban J connectivity index is 1.60. The average Bonchev–Trinajstić information content (AvgIpc) is 2.99. The quantitative estimate of drug-likeness (QED) is 0.829. The summed E-state index contributed by atoms with van der Waals surface area (Å²) in [5.41, 5.74) is 1.25. The second-order valence-corrected chi connectivity index (χ2v) is 7.81. The topological polar surface area (TPSA) is 55.5 Å². The van der Waals surface area contributed by atoms with Crippen LogP contribution < -0.4 is 5.76 Å². The lowest BCUT2D eigenvalue weighted by atomic mass is 9.88. The lowest BCUT2D eigenvalue weighted by molar-refractivity contribution is -0.138. The third-order valence-electron chi connectivity index (χ3n) is 6.09. The van der Waals surface area contributed by atoms with Gasteiger partial charge in [-0.1, -0.05) is 50.7 Å². The third kappa shape index (κ3) is 3.44. The van der Waals surface area contributed by atoms with E-state index in [0.717, 1.165) is 25.7 Å². The molecule has 0 unspecified atom stereocenters. The SMILES string of the molecule is O=C(Cn1c(=O)oc2ccccc21)N(C1CCCCC1)C1CCCCC1. The second kappa shape index (κ2) is 7.68. The lowest BCUT2D eigenvalue weighted by Crippen LogP contribution is -2.50. The van der Waals surface area contributed by atoms with Crippen molar-refractivity contribution in [1.82, 2.24) is 9.47 Å². The van der Waals surface area contributed by atoms with Crippen LogP contribution in [0.25, 0.3) is 11.1 Å². The van der Waals surface area contributed by atoms with Crippen LogP contribution in [0, 0.1) is 0 Å². The molecule has 1 heterocycles. The Labute approximate surface area is 154 Å². The van der Waals surface area contributed by atoms with E-state index in [4.69, 9.17) is 4.42 Å². The summed E-state index contributed by atoms with van der Waals surface area (Å²) in [7, 11) is 0. The zero-order valence-electron chi connectivity index (χ0n) is 15.4. The Hall–Kier alpha value is -2.04. The first-order valence-corrected chi connectivity index (χ1v) is 10.1. The summed E-state index contributed by atoms with van der Waals surface area (Å²) in [4.78, 5) is 27.8. The number of oxazole rings is 1. The number of rotatable bonds is 4. The predicted molar refractivity (Wildman–Crippen MR) is 101 cm³/mol. The van der Waals surface area contributed by atoms with Gasteiger partial charge in [0.15, 0.2) is 5.58 Å². The predicted octanol–water partition coefficient (Wildman–Crippen LogP) is 4.09. The van der Waals surface area contributed by atoms with E-state index in [2.05, 4.69) is 4.90 Å². The largest absolute Gasteiger partial charge is 0.420 e. The molecule has 5 heteroatoms. The molecule has 2 fully saturated rings. The maximum Gasteiger partial charge on any atom is 0.420 e. The van der Waals surface area contributed by atoms with Crippen LogP contribution in [0.1, 0.15) is 64.2 Å². The van der Waals surface area contributed by atoms with Gasteiger partial charge in [0.05, 0.1) is 5.52 Å². The van der Waals surface area contributed by atoms with Crippen LogP contribution in [0.3, 0.4) is 0 Å². The minimum Gasteiger partial charge on any atom is -0.408 e. The van der Waals surface area contributed by atoms with Gasteiger partial charge in [-0.25, -0.2) is 4.79 Å². The Morgan fingerprint density at radius 1 is 0.962 bits per heavy atom. The molecular formula is C21H28N2O3. The molecule has 2 aliphatic carbocycles. The van der Waals surface area contributed by atoms with Crippen LogP contribution in [0.5, 0.6) is 0 Å². The monoisotopic (exact) mass is 356 g/mol. The first-order chi connectivity index (χ1) is 12.7. The summed E-state index contributed by atoms with van der Waals surface area (Å²) < 4.78 is 6.80. The van der Waals surface area contributed by atoms with E-state index in [-0.39, 0.29) is 12.5 Å². The number of amides is 1. The van der Waals surface area contributed by atoms with Crippen molar-refractivity contribution >= 4 is 17.0 Å². The van der Waals surface area contributed by atoms with Crippen LogP contribution >= 0.6 is 0 Å². The third-order valence-corrected chi connectivity index (χ3v) is 6.09. The molecule has 0 saturated heterocycles. The van der Waals surface area contributed by atoms with Crippen molar-refractivity contribution in [3.8, 4) is 0 Å². The van der Waals surface area contributed by atoms with Gasteiger partial charge < -0.3 is 9.32 Å². The van der Waals surface area contributed by atoms with Gasteiger partial charge in [0.25, 0.3) is 0 Å². The molecule has 1 aromatic carbocycles. The lowest BCUT2D eigenvalue weighted by Gasteiger charge is -2.41. The molecule has 0 N–H and O–H groups in total. The summed E-state index contributed by atoms with van der Waals surface area (Å²) in [6, 6.07) is 8.02.